The van der Waals surface area contributed by atoms with Gasteiger partial charge in [-0.2, -0.15) is 0 Å². The molecule has 0 aliphatic heterocycles. The fourth-order valence-electron chi connectivity index (χ4n) is 2.67. The maximum absolute atomic E-state index is 12.0. The normalized spacial score (nSPS) is 18.0. The molecular weight excluding hydrogens is 238 g/mol. The Morgan fingerprint density at radius 3 is 2.79 bits per heavy atom. The van der Waals surface area contributed by atoms with E-state index >= 15 is 0 Å². The lowest BCUT2D eigenvalue weighted by Crippen LogP contribution is -2.37. The van der Waals surface area contributed by atoms with Gasteiger partial charge in [0.05, 0.1) is 17.9 Å². The molecule has 1 amide bonds. The molecule has 1 aromatic heterocycles. The van der Waals surface area contributed by atoms with Crippen molar-refractivity contribution in [2.45, 2.75) is 51.5 Å². The zero-order valence-corrected chi connectivity index (χ0v) is 11.6. The van der Waals surface area contributed by atoms with Crippen LogP contribution in [0.15, 0.2) is 18.3 Å². The average molecular weight is 261 g/mol. The SMILES string of the molecule is Cc1ccc(NC(=O)C(N)CC2CCCCC2)cn1. The highest BCUT2D eigenvalue weighted by molar-refractivity contribution is 5.94. The first-order valence-corrected chi connectivity index (χ1v) is 7.14. The summed E-state index contributed by atoms with van der Waals surface area (Å²) in [7, 11) is 0. The van der Waals surface area contributed by atoms with Crippen molar-refractivity contribution in [3.8, 4) is 0 Å². The van der Waals surface area contributed by atoms with Crippen molar-refractivity contribution in [2.24, 2.45) is 11.7 Å². The lowest BCUT2D eigenvalue weighted by molar-refractivity contribution is -0.117. The second-order valence-corrected chi connectivity index (χ2v) is 5.52. The second-order valence-electron chi connectivity index (χ2n) is 5.52. The molecule has 1 aromatic rings. The molecule has 0 radical (unpaired) electrons. The van der Waals surface area contributed by atoms with Crippen LogP contribution < -0.4 is 11.1 Å². The maximum Gasteiger partial charge on any atom is 0.241 e. The summed E-state index contributed by atoms with van der Waals surface area (Å²) in [5.41, 5.74) is 7.65. The monoisotopic (exact) mass is 261 g/mol. The number of nitrogens with two attached hydrogens (primary N) is 1. The number of nitrogens with one attached hydrogen (secondary N) is 1. The van der Waals surface area contributed by atoms with Gasteiger partial charge in [0.15, 0.2) is 0 Å². The quantitative estimate of drug-likeness (QED) is 0.875. The smallest absolute Gasteiger partial charge is 0.241 e. The molecule has 1 aliphatic rings. The molecule has 4 nitrogen and oxygen atoms in total. The molecule has 1 saturated carbocycles. The first kappa shape index (κ1) is 14.0. The summed E-state index contributed by atoms with van der Waals surface area (Å²) >= 11 is 0. The number of hydrogen-bond acceptors (Lipinski definition) is 3. The van der Waals surface area contributed by atoms with Crippen LogP contribution in [0.2, 0.25) is 0 Å². The lowest BCUT2D eigenvalue weighted by atomic mass is 9.85. The largest absolute Gasteiger partial charge is 0.323 e. The van der Waals surface area contributed by atoms with Gasteiger partial charge in [-0.05, 0) is 31.4 Å². The highest BCUT2D eigenvalue weighted by atomic mass is 16.2. The van der Waals surface area contributed by atoms with Crippen LogP contribution in [0, 0.1) is 12.8 Å². The van der Waals surface area contributed by atoms with Gasteiger partial charge in [0.25, 0.3) is 0 Å². The minimum Gasteiger partial charge on any atom is -0.323 e. The lowest BCUT2D eigenvalue weighted by Gasteiger charge is -2.24. The number of aromatic nitrogens is 1. The molecule has 0 aromatic carbocycles. The standard InChI is InChI=1S/C15H23N3O/c1-11-7-8-13(10-17-11)18-15(19)14(16)9-12-5-3-2-4-6-12/h7-8,10,12,14H,2-6,9,16H2,1H3,(H,18,19). The summed E-state index contributed by atoms with van der Waals surface area (Å²) in [6, 6.07) is 3.32. The fraction of sp³-hybridized carbons (Fsp3) is 0.600. The van der Waals surface area contributed by atoms with Crippen LogP contribution in [-0.2, 0) is 4.79 Å². The Balaban J connectivity index is 1.83. The predicted molar refractivity (Wildman–Crippen MR) is 76.8 cm³/mol. The Bertz CT molecular complexity index is 410. The number of hydrogen-bond donors (Lipinski definition) is 2. The van der Waals surface area contributed by atoms with Gasteiger partial charge in [-0.1, -0.05) is 32.1 Å². The Hall–Kier alpha value is -1.42. The molecule has 0 spiro atoms. The van der Waals surface area contributed by atoms with E-state index in [4.69, 9.17) is 5.73 Å². The average Bonchev–Trinajstić information content (AvgIpc) is 2.42. The van der Waals surface area contributed by atoms with Crippen molar-refractivity contribution in [3.63, 3.8) is 0 Å². The summed E-state index contributed by atoms with van der Waals surface area (Å²) < 4.78 is 0. The van der Waals surface area contributed by atoms with E-state index in [9.17, 15) is 4.79 Å². The van der Waals surface area contributed by atoms with E-state index in [1.807, 2.05) is 19.1 Å². The molecule has 0 bridgehead atoms. The van der Waals surface area contributed by atoms with Crippen molar-refractivity contribution >= 4 is 11.6 Å². The molecule has 104 valence electrons. The van der Waals surface area contributed by atoms with Gasteiger partial charge in [0, 0.05) is 5.69 Å². The van der Waals surface area contributed by atoms with E-state index < -0.39 is 6.04 Å². The van der Waals surface area contributed by atoms with Crippen LogP contribution in [0.1, 0.15) is 44.2 Å². The Labute approximate surface area is 114 Å². The van der Waals surface area contributed by atoms with Crippen LogP contribution >= 0.6 is 0 Å². The maximum atomic E-state index is 12.0. The van der Waals surface area contributed by atoms with Gasteiger partial charge in [0.2, 0.25) is 5.91 Å². The first-order chi connectivity index (χ1) is 9.15. The molecule has 1 unspecified atom stereocenters. The number of pyridine rings is 1. The number of amides is 1. The summed E-state index contributed by atoms with van der Waals surface area (Å²) in [6.07, 6.45) is 8.78. The minimum atomic E-state index is -0.413. The Morgan fingerprint density at radius 1 is 1.42 bits per heavy atom. The van der Waals surface area contributed by atoms with Gasteiger partial charge in [0.1, 0.15) is 0 Å². The third-order valence-electron chi connectivity index (χ3n) is 3.83. The van der Waals surface area contributed by atoms with Crippen LogP contribution in [0.25, 0.3) is 0 Å². The summed E-state index contributed by atoms with van der Waals surface area (Å²) in [5.74, 6) is 0.516. The molecule has 1 atom stereocenters. The fourth-order valence-corrected chi connectivity index (χ4v) is 2.67. The van der Waals surface area contributed by atoms with Crippen molar-refractivity contribution in [2.75, 3.05) is 5.32 Å². The van der Waals surface area contributed by atoms with Crippen LogP contribution in [0.5, 0.6) is 0 Å². The van der Waals surface area contributed by atoms with E-state index in [2.05, 4.69) is 10.3 Å². The number of carbonyl (C=O) groups excluding carboxylic acids is 1. The molecule has 1 heterocycles. The Kier molecular flexibility index (Phi) is 4.91. The summed E-state index contributed by atoms with van der Waals surface area (Å²) in [5, 5.41) is 2.83. The van der Waals surface area contributed by atoms with Gasteiger partial charge >= 0.3 is 0 Å². The third kappa shape index (κ3) is 4.31. The van der Waals surface area contributed by atoms with Gasteiger partial charge < -0.3 is 11.1 Å². The number of carbonyl (C=O) groups is 1. The van der Waals surface area contributed by atoms with Crippen molar-refractivity contribution in [3.05, 3.63) is 24.0 Å². The number of anilines is 1. The second kappa shape index (κ2) is 6.66. The van der Waals surface area contributed by atoms with Crippen molar-refractivity contribution < 1.29 is 4.79 Å². The van der Waals surface area contributed by atoms with Crippen LogP contribution in [-0.4, -0.2) is 16.9 Å². The summed E-state index contributed by atoms with van der Waals surface area (Å²) in [4.78, 5) is 16.2. The molecule has 19 heavy (non-hydrogen) atoms. The highest BCUT2D eigenvalue weighted by Crippen LogP contribution is 2.27. The zero-order valence-electron chi connectivity index (χ0n) is 11.6. The molecule has 3 N–H and O–H groups in total. The molecule has 0 saturated heterocycles. The first-order valence-electron chi connectivity index (χ1n) is 7.14. The molecule has 2 rings (SSSR count). The van der Waals surface area contributed by atoms with E-state index in [0.717, 1.165) is 17.8 Å². The van der Waals surface area contributed by atoms with E-state index in [1.54, 1.807) is 6.20 Å². The Morgan fingerprint density at radius 2 is 2.16 bits per heavy atom. The molecule has 4 heteroatoms. The van der Waals surface area contributed by atoms with Crippen molar-refractivity contribution in [1.29, 1.82) is 0 Å². The molecule has 1 fully saturated rings. The van der Waals surface area contributed by atoms with Gasteiger partial charge in [-0.15, -0.1) is 0 Å². The van der Waals surface area contributed by atoms with Crippen LogP contribution in [0.3, 0.4) is 0 Å². The number of aryl methyl sites for hydroxylation is 1. The minimum absolute atomic E-state index is 0.101. The van der Waals surface area contributed by atoms with Crippen molar-refractivity contribution in [1.82, 2.24) is 4.98 Å². The highest BCUT2D eigenvalue weighted by Gasteiger charge is 2.21. The van der Waals surface area contributed by atoms with E-state index in [-0.39, 0.29) is 5.91 Å². The summed E-state index contributed by atoms with van der Waals surface area (Å²) in [6.45, 7) is 1.92. The molecule has 1 aliphatic carbocycles. The van der Waals surface area contributed by atoms with Gasteiger partial charge in [-0.25, -0.2) is 0 Å². The molecular formula is C15H23N3O. The predicted octanol–water partition coefficient (Wildman–Crippen LogP) is 2.63. The zero-order chi connectivity index (χ0) is 13.7. The van der Waals surface area contributed by atoms with E-state index in [1.165, 1.54) is 32.1 Å². The van der Waals surface area contributed by atoms with E-state index in [0.29, 0.717) is 5.92 Å². The van der Waals surface area contributed by atoms with Crippen LogP contribution in [0.4, 0.5) is 5.69 Å². The number of rotatable bonds is 4. The third-order valence-corrected chi connectivity index (χ3v) is 3.83. The topological polar surface area (TPSA) is 68.0 Å². The van der Waals surface area contributed by atoms with Gasteiger partial charge in [-0.3, -0.25) is 9.78 Å². The number of nitrogens with zero attached hydrogens (tertiary/aromatic N) is 1.